The number of hydrogen-bond acceptors (Lipinski definition) is 4. The lowest BCUT2D eigenvalue weighted by atomic mass is 9.76. The lowest BCUT2D eigenvalue weighted by molar-refractivity contribution is 0.00578. The molecule has 1 fully saturated rings. The van der Waals surface area contributed by atoms with Gasteiger partial charge in [0.1, 0.15) is 0 Å². The molecule has 0 radical (unpaired) electrons. The summed E-state index contributed by atoms with van der Waals surface area (Å²) < 4.78 is 14.3. The minimum atomic E-state index is -0.401. The first-order valence-electron chi connectivity index (χ1n) is 7.82. The van der Waals surface area contributed by atoms with Crippen molar-refractivity contribution in [1.82, 2.24) is 14.4 Å². The Morgan fingerprint density at radius 3 is 2.18 bits per heavy atom. The molecule has 2 aromatic rings. The van der Waals surface area contributed by atoms with Gasteiger partial charge in [-0.15, -0.1) is 0 Å². The number of imidazole rings is 1. The number of aryl methyl sites for hydroxylation is 1. The predicted octanol–water partition coefficient (Wildman–Crippen LogP) is 2.46. The van der Waals surface area contributed by atoms with E-state index in [1.54, 1.807) is 0 Å². The smallest absolute Gasteiger partial charge is 0.399 e. The fourth-order valence-corrected chi connectivity index (χ4v) is 2.68. The third-order valence-corrected chi connectivity index (χ3v) is 4.68. The van der Waals surface area contributed by atoms with Crippen molar-refractivity contribution >= 4 is 18.4 Å². The van der Waals surface area contributed by atoms with Gasteiger partial charge in [-0.2, -0.15) is 0 Å². The number of hydrogen-bond donors (Lipinski definition) is 0. The highest BCUT2D eigenvalue weighted by Crippen LogP contribution is 2.36. The molecule has 6 heteroatoms. The number of nitrogens with zero attached hydrogens (tertiary/aromatic N) is 3. The first-order valence-corrected chi connectivity index (χ1v) is 7.82. The second-order valence-corrected chi connectivity index (χ2v) is 7.41. The second kappa shape index (κ2) is 4.80. The fourth-order valence-electron chi connectivity index (χ4n) is 2.68. The van der Waals surface area contributed by atoms with Crippen LogP contribution in [0, 0.1) is 6.92 Å². The van der Waals surface area contributed by atoms with Crippen molar-refractivity contribution in [2.24, 2.45) is 0 Å². The zero-order valence-electron chi connectivity index (χ0n) is 14.5. The van der Waals surface area contributed by atoms with Crippen molar-refractivity contribution in [3.8, 4) is 0 Å². The van der Waals surface area contributed by atoms with Crippen LogP contribution in [0.3, 0.4) is 0 Å². The summed E-state index contributed by atoms with van der Waals surface area (Å²) in [6.45, 7) is 14.5. The highest BCUT2D eigenvalue weighted by Gasteiger charge is 2.52. The van der Waals surface area contributed by atoms with Crippen LogP contribution in [0.15, 0.2) is 12.4 Å². The Kier molecular flexibility index (Phi) is 3.38. The van der Waals surface area contributed by atoms with Crippen LogP contribution in [0.5, 0.6) is 0 Å². The van der Waals surface area contributed by atoms with Gasteiger partial charge >= 0.3 is 7.12 Å². The molecule has 0 aliphatic carbocycles. The van der Waals surface area contributed by atoms with E-state index in [0.29, 0.717) is 0 Å². The van der Waals surface area contributed by atoms with Crippen LogP contribution in [0.1, 0.15) is 58.8 Å². The molecule has 0 aromatic carbocycles. The summed E-state index contributed by atoms with van der Waals surface area (Å²) in [5, 5.41) is 0. The summed E-state index contributed by atoms with van der Waals surface area (Å²) in [5.41, 5.74) is 2.21. The molecule has 0 atom stereocenters. The highest BCUT2D eigenvalue weighted by atomic mass is 16.7. The van der Waals surface area contributed by atoms with Crippen molar-refractivity contribution in [3.63, 3.8) is 0 Å². The predicted molar refractivity (Wildman–Crippen MR) is 87.5 cm³/mol. The molecule has 0 N–H and O–H groups in total. The first-order chi connectivity index (χ1) is 10.1. The molecule has 118 valence electrons. The molecule has 1 aliphatic heterocycles. The number of aromatic nitrogens is 3. The molecule has 1 saturated heterocycles. The van der Waals surface area contributed by atoms with Crippen molar-refractivity contribution in [3.05, 3.63) is 23.8 Å². The Morgan fingerprint density at radius 1 is 1.05 bits per heavy atom. The van der Waals surface area contributed by atoms with Gasteiger partial charge < -0.3 is 9.31 Å². The van der Waals surface area contributed by atoms with Gasteiger partial charge in [-0.1, -0.05) is 13.8 Å². The summed E-state index contributed by atoms with van der Waals surface area (Å²) in [5.74, 6) is 0.998. The average molecular weight is 301 g/mol. The molecule has 0 spiro atoms. The van der Waals surface area contributed by atoms with Gasteiger partial charge in [-0.05, 0) is 40.5 Å². The molecular formula is C16H24BN3O2. The number of fused-ring (bicyclic) bond motifs is 1. The summed E-state index contributed by atoms with van der Waals surface area (Å²) >= 11 is 0. The highest BCUT2D eigenvalue weighted by molar-refractivity contribution is 6.62. The van der Waals surface area contributed by atoms with E-state index in [1.807, 2.05) is 23.7 Å². The molecule has 0 bridgehead atoms. The van der Waals surface area contributed by atoms with Gasteiger partial charge in [0.25, 0.3) is 0 Å². The minimum Gasteiger partial charge on any atom is -0.399 e. The maximum absolute atomic E-state index is 6.20. The van der Waals surface area contributed by atoms with Crippen LogP contribution in [-0.4, -0.2) is 32.7 Å². The lowest BCUT2D eigenvalue weighted by Gasteiger charge is -2.32. The van der Waals surface area contributed by atoms with E-state index in [9.17, 15) is 0 Å². The molecule has 3 rings (SSSR count). The zero-order chi connectivity index (χ0) is 16.3. The summed E-state index contributed by atoms with van der Waals surface area (Å²) in [7, 11) is -0.401. The van der Waals surface area contributed by atoms with E-state index in [4.69, 9.17) is 14.3 Å². The van der Waals surface area contributed by atoms with E-state index >= 15 is 0 Å². The molecule has 22 heavy (non-hydrogen) atoms. The van der Waals surface area contributed by atoms with Gasteiger partial charge in [0.15, 0.2) is 0 Å². The third-order valence-electron chi connectivity index (χ3n) is 4.68. The molecule has 3 heterocycles. The quantitative estimate of drug-likeness (QED) is 0.800. The Morgan fingerprint density at radius 2 is 1.64 bits per heavy atom. The van der Waals surface area contributed by atoms with Crippen LogP contribution in [0.25, 0.3) is 5.78 Å². The van der Waals surface area contributed by atoms with Crippen LogP contribution in [0.4, 0.5) is 0 Å². The summed E-state index contributed by atoms with van der Waals surface area (Å²) in [6.07, 6.45) is 4.01. The number of rotatable bonds is 2. The minimum absolute atomic E-state index is 0.274. The van der Waals surface area contributed by atoms with E-state index in [-0.39, 0.29) is 17.1 Å². The molecule has 5 nitrogen and oxygen atoms in total. The van der Waals surface area contributed by atoms with Crippen molar-refractivity contribution in [1.29, 1.82) is 0 Å². The standard InChI is InChI=1S/C16H24BN3O2/c1-10(2)13-12(9-20-8-11(3)18-14(20)19-13)17-21-15(4,5)16(6,7)22-17/h8-10H,1-7H3. The Hall–Kier alpha value is -1.40. The van der Waals surface area contributed by atoms with Crippen LogP contribution in [0.2, 0.25) is 0 Å². The van der Waals surface area contributed by atoms with Crippen LogP contribution < -0.4 is 5.46 Å². The Bertz CT molecular complexity index is 705. The maximum Gasteiger partial charge on any atom is 0.498 e. The van der Waals surface area contributed by atoms with Crippen LogP contribution >= 0.6 is 0 Å². The fraction of sp³-hybridized carbons (Fsp3) is 0.625. The lowest BCUT2D eigenvalue weighted by Crippen LogP contribution is -2.41. The van der Waals surface area contributed by atoms with Gasteiger partial charge in [0, 0.05) is 23.6 Å². The molecule has 0 saturated carbocycles. The SMILES string of the molecule is Cc1cn2cc(B3OC(C)(C)C(C)(C)O3)c(C(C)C)nc2n1. The van der Waals surface area contributed by atoms with Crippen molar-refractivity contribution in [2.45, 2.75) is 65.6 Å². The van der Waals surface area contributed by atoms with E-state index in [2.05, 4.69) is 46.5 Å². The topological polar surface area (TPSA) is 48.7 Å². The van der Waals surface area contributed by atoms with E-state index in [1.165, 1.54) is 0 Å². The maximum atomic E-state index is 6.20. The van der Waals surface area contributed by atoms with E-state index < -0.39 is 7.12 Å². The molecule has 2 aromatic heterocycles. The van der Waals surface area contributed by atoms with Gasteiger partial charge in [-0.25, -0.2) is 9.97 Å². The Balaban J connectivity index is 2.12. The largest absolute Gasteiger partial charge is 0.498 e. The molecule has 1 aliphatic rings. The second-order valence-electron chi connectivity index (χ2n) is 7.41. The monoisotopic (exact) mass is 301 g/mol. The summed E-state index contributed by atoms with van der Waals surface area (Å²) in [4.78, 5) is 9.18. The van der Waals surface area contributed by atoms with Gasteiger partial charge in [-0.3, -0.25) is 4.40 Å². The molecule has 0 unspecified atom stereocenters. The molecular weight excluding hydrogens is 277 g/mol. The normalized spacial score (nSPS) is 20.3. The molecule has 0 amide bonds. The van der Waals surface area contributed by atoms with Crippen molar-refractivity contribution in [2.75, 3.05) is 0 Å². The zero-order valence-corrected chi connectivity index (χ0v) is 14.5. The third kappa shape index (κ3) is 2.34. The average Bonchev–Trinajstić information content (AvgIpc) is 2.83. The first kappa shape index (κ1) is 15.5. The van der Waals surface area contributed by atoms with Gasteiger partial charge in [0.2, 0.25) is 5.78 Å². The Labute approximate surface area is 132 Å². The van der Waals surface area contributed by atoms with E-state index in [0.717, 1.165) is 22.6 Å². The summed E-state index contributed by atoms with van der Waals surface area (Å²) in [6, 6.07) is 0. The van der Waals surface area contributed by atoms with Gasteiger partial charge in [0.05, 0.1) is 16.9 Å². The van der Waals surface area contributed by atoms with Crippen LogP contribution in [-0.2, 0) is 9.31 Å². The van der Waals surface area contributed by atoms with Crippen molar-refractivity contribution < 1.29 is 9.31 Å².